The van der Waals surface area contributed by atoms with Gasteiger partial charge in [0.25, 0.3) is 0 Å². The van der Waals surface area contributed by atoms with Gasteiger partial charge in [-0.15, -0.1) is 0 Å². The first kappa shape index (κ1) is 17.9. The van der Waals surface area contributed by atoms with Crippen LogP contribution in [-0.2, 0) is 16.0 Å². The van der Waals surface area contributed by atoms with Crippen LogP contribution < -0.4 is 0 Å². The van der Waals surface area contributed by atoms with Gasteiger partial charge in [0.15, 0.2) is 6.61 Å². The molecule has 2 aromatic rings. The second kappa shape index (κ2) is 6.18. The zero-order valence-corrected chi connectivity index (χ0v) is 16.3. The molecule has 0 saturated heterocycles. The number of aryl methyl sites for hydroxylation is 1. The molecule has 0 radical (unpaired) electrons. The minimum atomic E-state index is -0.708. The Labute approximate surface area is 164 Å². The van der Waals surface area contributed by atoms with Crippen LogP contribution in [0.1, 0.15) is 61.4 Å². The molecule has 148 valence electrons. The molecule has 0 aliphatic heterocycles. The lowest BCUT2D eigenvalue weighted by Gasteiger charge is -2.58. The number of hydrogen-bond acceptors (Lipinski definition) is 4. The van der Waals surface area contributed by atoms with Crippen molar-refractivity contribution in [2.24, 2.45) is 17.3 Å². The van der Waals surface area contributed by atoms with E-state index in [1.807, 2.05) is 18.2 Å². The van der Waals surface area contributed by atoms with Crippen molar-refractivity contribution in [3.05, 3.63) is 35.5 Å². The topological polar surface area (TPSA) is 79.4 Å². The maximum atomic E-state index is 13.0. The molecule has 0 spiro atoms. The Morgan fingerprint density at radius 2 is 1.96 bits per heavy atom. The van der Waals surface area contributed by atoms with Crippen molar-refractivity contribution in [3.63, 3.8) is 0 Å². The number of carbonyl (C=O) groups is 2. The molecule has 4 aliphatic carbocycles. The number of hydrogen-bond donors (Lipinski definition) is 2. The van der Waals surface area contributed by atoms with Gasteiger partial charge in [0.1, 0.15) is 0 Å². The van der Waals surface area contributed by atoms with Crippen molar-refractivity contribution in [1.29, 1.82) is 0 Å². The number of para-hydroxylation sites is 1. The number of ketones is 1. The van der Waals surface area contributed by atoms with E-state index in [2.05, 4.69) is 11.9 Å². The van der Waals surface area contributed by atoms with Gasteiger partial charge in [-0.1, -0.05) is 25.1 Å². The fourth-order valence-corrected chi connectivity index (χ4v) is 6.56. The van der Waals surface area contributed by atoms with Gasteiger partial charge >= 0.3 is 5.97 Å². The number of esters is 1. The number of ether oxygens (including phenoxy) is 1. The Balaban J connectivity index is 1.32. The van der Waals surface area contributed by atoms with E-state index in [1.54, 1.807) is 6.20 Å². The van der Waals surface area contributed by atoms with E-state index >= 15 is 0 Å². The Hall–Kier alpha value is -2.14. The summed E-state index contributed by atoms with van der Waals surface area (Å²) in [5.41, 5.74) is 1.41. The van der Waals surface area contributed by atoms with E-state index in [4.69, 9.17) is 4.74 Å². The van der Waals surface area contributed by atoms with Gasteiger partial charge in [-0.05, 0) is 62.3 Å². The molecular weight excluding hydrogens is 354 g/mol. The molecule has 4 aliphatic rings. The number of aliphatic hydroxyl groups is 1. The van der Waals surface area contributed by atoms with Crippen LogP contribution in [-0.4, -0.2) is 34.1 Å². The third-order valence-electron chi connectivity index (χ3n) is 7.28. The van der Waals surface area contributed by atoms with Crippen molar-refractivity contribution in [3.8, 4) is 0 Å². The zero-order valence-electron chi connectivity index (χ0n) is 16.3. The van der Waals surface area contributed by atoms with E-state index in [0.717, 1.165) is 55.0 Å². The highest BCUT2D eigenvalue weighted by Gasteiger charge is 2.60. The highest BCUT2D eigenvalue weighted by Crippen LogP contribution is 2.61. The molecule has 2 N–H and O–H groups in total. The van der Waals surface area contributed by atoms with Gasteiger partial charge in [0.2, 0.25) is 5.78 Å². The van der Waals surface area contributed by atoms with E-state index in [-0.39, 0.29) is 18.4 Å². The van der Waals surface area contributed by atoms with Crippen LogP contribution in [0.2, 0.25) is 0 Å². The summed E-state index contributed by atoms with van der Waals surface area (Å²) in [6.07, 6.45) is 7.43. The third-order valence-corrected chi connectivity index (χ3v) is 7.28. The van der Waals surface area contributed by atoms with Crippen LogP contribution >= 0.6 is 0 Å². The van der Waals surface area contributed by atoms with Crippen molar-refractivity contribution in [2.45, 2.75) is 57.5 Å². The van der Waals surface area contributed by atoms with E-state index in [1.165, 1.54) is 0 Å². The van der Waals surface area contributed by atoms with E-state index < -0.39 is 11.0 Å². The number of Topliss-reactive ketones (excluding diaryl/α,β-unsaturated/α-hetero) is 1. The number of carbonyl (C=O) groups excluding carboxylic acids is 2. The lowest BCUT2D eigenvalue weighted by Crippen LogP contribution is -2.58. The molecule has 1 aromatic carbocycles. The van der Waals surface area contributed by atoms with Crippen LogP contribution in [0.5, 0.6) is 0 Å². The van der Waals surface area contributed by atoms with Gasteiger partial charge in [0.05, 0.1) is 11.0 Å². The first-order valence-electron chi connectivity index (χ1n) is 10.4. The fourth-order valence-electron chi connectivity index (χ4n) is 6.56. The van der Waals surface area contributed by atoms with Crippen molar-refractivity contribution >= 4 is 22.7 Å². The van der Waals surface area contributed by atoms with Gasteiger partial charge in [0, 0.05) is 22.7 Å². The van der Waals surface area contributed by atoms with Crippen LogP contribution in [0.25, 0.3) is 10.9 Å². The molecule has 5 nitrogen and oxygen atoms in total. The summed E-state index contributed by atoms with van der Waals surface area (Å²) in [7, 11) is 0. The first-order valence-corrected chi connectivity index (χ1v) is 10.4. The Morgan fingerprint density at radius 1 is 1.21 bits per heavy atom. The number of aromatic amines is 1. The SMILES string of the molecule is CCc1cccc2c(C(=O)COC(=O)C34C[C@@H]5C[C@@H](CC(O)(C5)C3)C4)c[nH]c12. The molecule has 28 heavy (non-hydrogen) atoms. The maximum Gasteiger partial charge on any atom is 0.312 e. The highest BCUT2D eigenvalue weighted by atomic mass is 16.5. The molecule has 4 atom stereocenters. The lowest BCUT2D eigenvalue weighted by molar-refractivity contribution is -0.195. The number of rotatable bonds is 5. The summed E-state index contributed by atoms with van der Waals surface area (Å²) in [5.74, 6) is 0.352. The summed E-state index contributed by atoms with van der Waals surface area (Å²) >= 11 is 0. The summed E-state index contributed by atoms with van der Waals surface area (Å²) in [6, 6.07) is 5.92. The molecular formula is C23H27NO4. The monoisotopic (exact) mass is 381 g/mol. The molecule has 5 heteroatoms. The average Bonchev–Trinajstić information content (AvgIpc) is 3.08. The van der Waals surface area contributed by atoms with Crippen molar-refractivity contribution in [1.82, 2.24) is 4.98 Å². The minimum Gasteiger partial charge on any atom is -0.457 e. The number of aromatic nitrogens is 1. The molecule has 6 rings (SSSR count). The van der Waals surface area contributed by atoms with E-state index in [9.17, 15) is 14.7 Å². The fraction of sp³-hybridized carbons (Fsp3) is 0.565. The molecule has 0 amide bonds. The number of nitrogens with one attached hydrogen (secondary N) is 1. The second-order valence-corrected chi connectivity index (χ2v) is 9.36. The summed E-state index contributed by atoms with van der Waals surface area (Å²) in [6.45, 7) is 1.84. The number of fused-ring (bicyclic) bond motifs is 1. The molecule has 1 heterocycles. The Bertz CT molecular complexity index is 945. The molecule has 4 saturated carbocycles. The van der Waals surface area contributed by atoms with Gasteiger partial charge < -0.3 is 14.8 Å². The molecule has 1 aromatic heterocycles. The smallest absolute Gasteiger partial charge is 0.312 e. The largest absolute Gasteiger partial charge is 0.457 e. The van der Waals surface area contributed by atoms with Crippen LogP contribution in [0, 0.1) is 17.3 Å². The zero-order chi connectivity index (χ0) is 19.5. The van der Waals surface area contributed by atoms with Crippen LogP contribution in [0.3, 0.4) is 0 Å². The Kier molecular flexibility index (Phi) is 3.96. The van der Waals surface area contributed by atoms with Gasteiger partial charge in [-0.25, -0.2) is 0 Å². The summed E-state index contributed by atoms with van der Waals surface area (Å²) < 4.78 is 5.55. The number of benzene rings is 1. The molecule has 2 unspecified atom stereocenters. The highest BCUT2D eigenvalue weighted by molar-refractivity contribution is 6.09. The lowest BCUT2D eigenvalue weighted by atomic mass is 9.48. The molecule has 4 fully saturated rings. The van der Waals surface area contributed by atoms with Gasteiger partial charge in [-0.2, -0.15) is 0 Å². The average molecular weight is 381 g/mol. The maximum absolute atomic E-state index is 13.0. The van der Waals surface area contributed by atoms with Gasteiger partial charge in [-0.3, -0.25) is 9.59 Å². The predicted molar refractivity (Wildman–Crippen MR) is 105 cm³/mol. The number of H-pyrrole nitrogens is 1. The predicted octanol–water partition coefficient (Wildman–Crippen LogP) is 3.79. The third kappa shape index (κ3) is 2.71. The minimum absolute atomic E-state index is 0.184. The molecule has 4 bridgehead atoms. The van der Waals surface area contributed by atoms with Crippen molar-refractivity contribution in [2.75, 3.05) is 6.61 Å². The van der Waals surface area contributed by atoms with E-state index in [0.29, 0.717) is 23.8 Å². The quantitative estimate of drug-likeness (QED) is 0.610. The first-order chi connectivity index (χ1) is 13.4. The standard InChI is InChI=1S/C23H27NO4/c1-2-16-4-3-5-17-18(11-24-20(16)17)19(25)12-28-21(26)22-7-14-6-15(8-22)10-23(27,9-14)13-22/h3-5,11,14-15,24,27H,2,6-10,12-13H2,1H3/t14-,15+,22?,23?. The van der Waals surface area contributed by atoms with Crippen LogP contribution in [0.4, 0.5) is 0 Å². The summed E-state index contributed by atoms with van der Waals surface area (Å²) in [4.78, 5) is 28.9. The Morgan fingerprint density at radius 3 is 2.64 bits per heavy atom. The normalized spacial score (nSPS) is 33.4. The van der Waals surface area contributed by atoms with Crippen molar-refractivity contribution < 1.29 is 19.4 Å². The summed E-state index contributed by atoms with van der Waals surface area (Å²) in [5, 5.41) is 11.7. The second-order valence-electron chi connectivity index (χ2n) is 9.36. The van der Waals surface area contributed by atoms with Crippen LogP contribution in [0.15, 0.2) is 24.4 Å².